The van der Waals surface area contributed by atoms with Gasteiger partial charge in [-0.15, -0.1) is 0 Å². The molecule has 4 aromatic carbocycles. The zero-order valence-corrected chi connectivity index (χ0v) is 38.4. The molecule has 0 saturated carbocycles. The third-order valence-corrected chi connectivity index (χ3v) is 10.2. The molecule has 0 amide bonds. The van der Waals surface area contributed by atoms with Crippen molar-refractivity contribution in [3.05, 3.63) is 156 Å². The summed E-state index contributed by atoms with van der Waals surface area (Å²) in [5, 5.41) is 0. The third kappa shape index (κ3) is 11.7. The fraction of sp³-hybridized carbons (Fsp3) is 0.321. The van der Waals surface area contributed by atoms with Gasteiger partial charge in [0.1, 0.15) is 50.8 Å². The Hall–Kier alpha value is -7.08. The van der Waals surface area contributed by atoms with Crippen LogP contribution < -0.4 is 18.9 Å². The van der Waals surface area contributed by atoms with Crippen molar-refractivity contribution in [3.63, 3.8) is 0 Å². The molecule has 12 heteroatoms. The van der Waals surface area contributed by atoms with E-state index in [-0.39, 0.29) is 48.7 Å². The van der Waals surface area contributed by atoms with Crippen LogP contribution in [0.5, 0.6) is 23.0 Å². The summed E-state index contributed by atoms with van der Waals surface area (Å²) in [5.74, 6) is -0.789. The molecule has 0 N–H and O–H groups in total. The van der Waals surface area contributed by atoms with Crippen molar-refractivity contribution in [1.29, 1.82) is 0 Å². The molecule has 12 nitrogen and oxygen atoms in total. The highest BCUT2D eigenvalue weighted by atomic mass is 16.6. The van der Waals surface area contributed by atoms with E-state index in [0.717, 1.165) is 33.4 Å². The molecule has 0 saturated heterocycles. The summed E-state index contributed by atoms with van der Waals surface area (Å²) in [4.78, 5) is 49.5. The van der Waals surface area contributed by atoms with E-state index in [2.05, 4.69) is 50.6 Å². The maximum Gasteiger partial charge on any atom is 0.333 e. The Labute approximate surface area is 381 Å². The van der Waals surface area contributed by atoms with Crippen molar-refractivity contribution in [2.75, 3.05) is 26.4 Å². The first-order valence-electron chi connectivity index (χ1n) is 21.3. The number of carbonyl (C=O) groups excluding carboxylic acids is 4. The van der Waals surface area contributed by atoms with Crippen molar-refractivity contribution in [3.8, 4) is 34.1 Å². The molecular formula is C53H58O12. The maximum absolute atomic E-state index is 12.4. The average Bonchev–Trinajstić information content (AvgIpc) is 3.57. The number of carbonyl (C=O) groups is 4. The summed E-state index contributed by atoms with van der Waals surface area (Å²) in [7, 11) is 0. The highest BCUT2D eigenvalue weighted by molar-refractivity contribution is 5.89. The Morgan fingerprint density at radius 1 is 0.431 bits per heavy atom. The summed E-state index contributed by atoms with van der Waals surface area (Å²) < 4.78 is 47.5. The average molecular weight is 887 g/mol. The lowest BCUT2D eigenvalue weighted by Crippen LogP contribution is -2.29. The minimum absolute atomic E-state index is 0.000981. The van der Waals surface area contributed by atoms with Crippen LogP contribution in [0.15, 0.2) is 134 Å². The van der Waals surface area contributed by atoms with Gasteiger partial charge in [0.15, 0.2) is 23.0 Å². The summed E-state index contributed by atoms with van der Waals surface area (Å²) >= 11 is 0. The van der Waals surface area contributed by atoms with E-state index in [4.69, 9.17) is 37.9 Å². The number of ether oxygens (including phenoxy) is 8. The van der Waals surface area contributed by atoms with E-state index < -0.39 is 53.7 Å². The summed E-state index contributed by atoms with van der Waals surface area (Å²) in [5.41, 5.74) is 5.55. The Kier molecular flexibility index (Phi) is 16.2. The minimum Gasteiger partial charge on any atom is -0.486 e. The molecule has 4 aromatic rings. The van der Waals surface area contributed by atoms with Gasteiger partial charge in [0.25, 0.3) is 0 Å². The molecule has 65 heavy (non-hydrogen) atoms. The van der Waals surface area contributed by atoms with Gasteiger partial charge in [-0.3, -0.25) is 0 Å². The van der Waals surface area contributed by atoms with Gasteiger partial charge in [0, 0.05) is 22.3 Å². The molecule has 0 spiro atoms. The molecule has 0 heterocycles. The smallest absolute Gasteiger partial charge is 0.333 e. The van der Waals surface area contributed by atoms with Gasteiger partial charge in [-0.1, -0.05) is 87.0 Å². The number of esters is 4. The molecule has 1 aliphatic carbocycles. The molecular weight excluding hydrogens is 829 g/mol. The van der Waals surface area contributed by atoms with Crippen LogP contribution in [0.2, 0.25) is 0 Å². The van der Waals surface area contributed by atoms with Gasteiger partial charge >= 0.3 is 23.9 Å². The van der Waals surface area contributed by atoms with Crippen LogP contribution in [0.3, 0.4) is 0 Å². The van der Waals surface area contributed by atoms with Crippen molar-refractivity contribution in [2.45, 2.75) is 85.2 Å². The van der Waals surface area contributed by atoms with Gasteiger partial charge in [-0.25, -0.2) is 19.2 Å². The Bertz CT molecular complexity index is 2310. The van der Waals surface area contributed by atoms with Crippen molar-refractivity contribution >= 4 is 23.9 Å². The fourth-order valence-corrected chi connectivity index (χ4v) is 7.07. The van der Waals surface area contributed by atoms with E-state index in [1.807, 2.05) is 48.5 Å². The van der Waals surface area contributed by atoms with Gasteiger partial charge < -0.3 is 37.9 Å². The zero-order chi connectivity index (χ0) is 47.6. The minimum atomic E-state index is -1.01. The molecule has 0 bridgehead atoms. The van der Waals surface area contributed by atoms with Crippen LogP contribution in [0.1, 0.15) is 77.6 Å². The molecule has 0 radical (unpaired) electrons. The van der Waals surface area contributed by atoms with Crippen LogP contribution in [0, 0.1) is 0 Å². The van der Waals surface area contributed by atoms with Crippen LogP contribution in [0.25, 0.3) is 11.1 Å². The fourth-order valence-electron chi connectivity index (χ4n) is 7.07. The maximum atomic E-state index is 12.4. The van der Waals surface area contributed by atoms with E-state index >= 15 is 0 Å². The van der Waals surface area contributed by atoms with Crippen LogP contribution >= 0.6 is 0 Å². The van der Waals surface area contributed by atoms with Crippen LogP contribution in [-0.2, 0) is 43.5 Å². The van der Waals surface area contributed by atoms with E-state index in [9.17, 15) is 19.2 Å². The quantitative estimate of drug-likeness (QED) is 0.0371. The highest BCUT2D eigenvalue weighted by Crippen LogP contribution is 2.57. The van der Waals surface area contributed by atoms with Crippen LogP contribution in [-0.4, -0.2) is 74.7 Å². The first-order chi connectivity index (χ1) is 30.8. The van der Waals surface area contributed by atoms with Crippen molar-refractivity contribution in [2.24, 2.45) is 0 Å². The Balaban J connectivity index is 1.68. The summed E-state index contributed by atoms with van der Waals surface area (Å²) in [6.07, 6.45) is -2.59. The summed E-state index contributed by atoms with van der Waals surface area (Å²) in [6.45, 7) is 27.8. The first-order valence-corrected chi connectivity index (χ1v) is 21.3. The van der Waals surface area contributed by atoms with E-state index in [1.165, 1.54) is 0 Å². The van der Waals surface area contributed by atoms with Gasteiger partial charge in [-0.2, -0.15) is 0 Å². The number of hydrogen-bond donors (Lipinski definition) is 0. The molecule has 5 rings (SSSR count). The first kappa shape index (κ1) is 48.9. The lowest BCUT2D eigenvalue weighted by Gasteiger charge is -2.35. The molecule has 0 aliphatic heterocycles. The number of fused-ring (bicyclic) bond motifs is 3. The largest absolute Gasteiger partial charge is 0.486 e. The zero-order valence-electron chi connectivity index (χ0n) is 38.4. The molecule has 0 aromatic heterocycles. The molecule has 342 valence electrons. The second-order valence-corrected chi connectivity index (χ2v) is 16.4. The number of benzene rings is 4. The predicted molar refractivity (Wildman–Crippen MR) is 247 cm³/mol. The predicted octanol–water partition coefficient (Wildman–Crippen LogP) is 9.60. The van der Waals surface area contributed by atoms with Gasteiger partial charge in [0.05, 0.1) is 5.41 Å². The summed E-state index contributed by atoms with van der Waals surface area (Å²) in [6, 6.07) is 27.6. The lowest BCUT2D eigenvalue weighted by atomic mass is 9.67. The Morgan fingerprint density at radius 2 is 0.708 bits per heavy atom. The molecule has 4 atom stereocenters. The second kappa shape index (κ2) is 21.5. The standard InChI is InChI=1S/C53H58O12/c1-31(2)49(54)62-35(9)27-58-45-23-21-39(25-47(45)60-29-37(11)64-51(56)33(5)6)53(43-19-15-13-17-41(43)42-18-14-16-20-44(42)53)40-22-24-46(59-28-36(10)63-50(55)32(3)4)48(26-40)61-30-38(12)65-52(57)34(7)8/h13-26,35-38H,1,3,5,7,27-30H2,2,4,6,8-12H3. The highest BCUT2D eigenvalue weighted by Gasteiger charge is 2.47. The van der Waals surface area contributed by atoms with E-state index in [1.54, 1.807) is 67.5 Å². The molecule has 0 fully saturated rings. The lowest BCUT2D eigenvalue weighted by molar-refractivity contribution is -0.145. The monoisotopic (exact) mass is 886 g/mol. The normalized spacial score (nSPS) is 13.8. The van der Waals surface area contributed by atoms with Crippen molar-refractivity contribution < 1.29 is 57.1 Å². The number of rotatable bonds is 22. The third-order valence-electron chi connectivity index (χ3n) is 10.2. The second-order valence-electron chi connectivity index (χ2n) is 16.4. The SMILES string of the molecule is C=C(C)C(=O)OC(C)COc1ccc(C2(c3ccc(OCC(C)OC(=O)C(=C)C)c(OCC(C)OC(=O)C(=C)C)c3)c3ccccc3-c3ccccc32)cc1OCC(C)OC(=O)C(=C)C. The molecule has 1 aliphatic rings. The van der Waals surface area contributed by atoms with Crippen molar-refractivity contribution in [1.82, 2.24) is 0 Å². The van der Waals surface area contributed by atoms with Gasteiger partial charge in [0.2, 0.25) is 0 Å². The van der Waals surface area contributed by atoms with Crippen LogP contribution in [0.4, 0.5) is 0 Å². The topological polar surface area (TPSA) is 142 Å². The Morgan fingerprint density at radius 3 is 1.00 bits per heavy atom. The molecule has 4 unspecified atom stereocenters. The van der Waals surface area contributed by atoms with E-state index in [0.29, 0.717) is 23.0 Å². The number of hydrogen-bond acceptors (Lipinski definition) is 12. The van der Waals surface area contributed by atoms with Gasteiger partial charge in [-0.05, 0) is 113 Å².